The molecule has 15 heavy (non-hydrogen) atoms. The van der Waals surface area contributed by atoms with E-state index in [0.717, 1.165) is 31.6 Å². The molecule has 1 aromatic carbocycles. The third-order valence-electron chi connectivity index (χ3n) is 2.50. The molecule has 4 heteroatoms. The van der Waals surface area contributed by atoms with E-state index in [2.05, 4.69) is 5.32 Å². The van der Waals surface area contributed by atoms with Gasteiger partial charge in [0.2, 0.25) is 0 Å². The highest BCUT2D eigenvalue weighted by molar-refractivity contribution is 5.17. The fourth-order valence-corrected chi connectivity index (χ4v) is 1.63. The van der Waals surface area contributed by atoms with Gasteiger partial charge in [-0.05, 0) is 31.2 Å². The summed E-state index contributed by atoms with van der Waals surface area (Å²) < 4.78 is 31.5. The van der Waals surface area contributed by atoms with Crippen LogP contribution < -0.4 is 5.32 Å². The van der Waals surface area contributed by atoms with Gasteiger partial charge in [-0.1, -0.05) is 0 Å². The lowest BCUT2D eigenvalue weighted by atomic mass is 10.2. The van der Waals surface area contributed by atoms with Crippen LogP contribution in [0.3, 0.4) is 0 Å². The van der Waals surface area contributed by atoms with Crippen molar-refractivity contribution in [3.63, 3.8) is 0 Å². The molecule has 1 aromatic rings. The van der Waals surface area contributed by atoms with Gasteiger partial charge in [-0.25, -0.2) is 8.78 Å². The monoisotopic (exact) mass is 213 g/mol. The second-order valence-electron chi connectivity index (χ2n) is 3.66. The summed E-state index contributed by atoms with van der Waals surface area (Å²) in [4.78, 5) is 0. The van der Waals surface area contributed by atoms with Crippen molar-refractivity contribution in [2.45, 2.75) is 19.1 Å². The van der Waals surface area contributed by atoms with Crippen LogP contribution in [0.1, 0.15) is 12.0 Å². The molecule has 1 unspecified atom stereocenters. The van der Waals surface area contributed by atoms with Crippen LogP contribution >= 0.6 is 0 Å². The van der Waals surface area contributed by atoms with E-state index in [1.165, 1.54) is 6.07 Å². The number of benzene rings is 1. The van der Waals surface area contributed by atoms with Crippen molar-refractivity contribution in [2.75, 3.05) is 13.1 Å². The van der Waals surface area contributed by atoms with Crippen LogP contribution in [0.2, 0.25) is 0 Å². The van der Waals surface area contributed by atoms with Crippen LogP contribution in [0.15, 0.2) is 18.2 Å². The predicted molar refractivity (Wildman–Crippen MR) is 52.4 cm³/mol. The second-order valence-corrected chi connectivity index (χ2v) is 3.66. The summed E-state index contributed by atoms with van der Waals surface area (Å²) in [5, 5.41) is 3.14. The van der Waals surface area contributed by atoms with Crippen molar-refractivity contribution in [3.8, 4) is 0 Å². The molecule has 0 bridgehead atoms. The normalized spacial score (nSPS) is 20.8. The van der Waals surface area contributed by atoms with E-state index in [-0.39, 0.29) is 18.3 Å². The highest BCUT2D eigenvalue weighted by atomic mass is 19.1. The van der Waals surface area contributed by atoms with Gasteiger partial charge in [-0.15, -0.1) is 0 Å². The topological polar surface area (TPSA) is 21.3 Å². The Labute approximate surface area is 87.2 Å². The Morgan fingerprint density at radius 1 is 1.40 bits per heavy atom. The van der Waals surface area contributed by atoms with Gasteiger partial charge in [-0.3, -0.25) is 0 Å². The van der Waals surface area contributed by atoms with Crippen LogP contribution in [-0.4, -0.2) is 19.2 Å². The first kappa shape index (κ1) is 10.5. The maximum absolute atomic E-state index is 13.2. The lowest BCUT2D eigenvalue weighted by Crippen LogP contribution is -2.16. The Kier molecular flexibility index (Phi) is 3.28. The number of nitrogens with one attached hydrogen (secondary N) is 1. The third-order valence-corrected chi connectivity index (χ3v) is 2.50. The fourth-order valence-electron chi connectivity index (χ4n) is 1.63. The first-order chi connectivity index (χ1) is 7.25. The van der Waals surface area contributed by atoms with E-state index in [1.54, 1.807) is 0 Å². The summed E-state index contributed by atoms with van der Waals surface area (Å²) in [6.45, 7) is 1.85. The van der Waals surface area contributed by atoms with Crippen LogP contribution in [-0.2, 0) is 11.3 Å². The average molecular weight is 213 g/mol. The lowest BCUT2D eigenvalue weighted by Gasteiger charge is -2.10. The minimum Gasteiger partial charge on any atom is -0.372 e. The van der Waals surface area contributed by atoms with Crippen LogP contribution in [0.25, 0.3) is 0 Å². The predicted octanol–water partition coefficient (Wildman–Crippen LogP) is 1.84. The van der Waals surface area contributed by atoms with E-state index < -0.39 is 11.6 Å². The van der Waals surface area contributed by atoms with Gasteiger partial charge in [0, 0.05) is 12.1 Å². The molecule has 82 valence electrons. The number of halogens is 2. The molecule has 1 saturated heterocycles. The molecule has 0 radical (unpaired) electrons. The Bertz CT molecular complexity index is 337. The Balaban J connectivity index is 1.94. The minimum absolute atomic E-state index is 0.118. The number of hydrogen-bond acceptors (Lipinski definition) is 2. The van der Waals surface area contributed by atoms with Crippen LogP contribution in [0.5, 0.6) is 0 Å². The zero-order chi connectivity index (χ0) is 10.7. The van der Waals surface area contributed by atoms with Gasteiger partial charge in [-0.2, -0.15) is 0 Å². The molecular formula is C11H13F2NO. The van der Waals surface area contributed by atoms with Crippen molar-refractivity contribution < 1.29 is 13.5 Å². The van der Waals surface area contributed by atoms with E-state index in [4.69, 9.17) is 4.74 Å². The summed E-state index contributed by atoms with van der Waals surface area (Å²) in [6.07, 6.45) is 1.05. The molecule has 2 rings (SSSR count). The molecule has 1 aliphatic heterocycles. The van der Waals surface area contributed by atoms with Gasteiger partial charge >= 0.3 is 0 Å². The highest BCUT2D eigenvalue weighted by Gasteiger charge is 2.15. The summed E-state index contributed by atoms with van der Waals surface area (Å²) in [7, 11) is 0. The van der Waals surface area contributed by atoms with Gasteiger partial charge < -0.3 is 10.1 Å². The SMILES string of the molecule is Fc1ccc(F)c(COC2CCNC2)c1. The van der Waals surface area contributed by atoms with Gasteiger partial charge in [0.05, 0.1) is 12.7 Å². The van der Waals surface area contributed by atoms with E-state index in [0.29, 0.717) is 0 Å². The molecule has 1 fully saturated rings. The number of hydrogen-bond donors (Lipinski definition) is 1. The molecule has 0 amide bonds. The smallest absolute Gasteiger partial charge is 0.128 e. The van der Waals surface area contributed by atoms with E-state index >= 15 is 0 Å². The molecule has 0 spiro atoms. The standard InChI is InChI=1S/C11H13F2NO/c12-9-1-2-11(13)8(5-9)7-15-10-3-4-14-6-10/h1-2,5,10,14H,3-4,6-7H2. The van der Waals surface area contributed by atoms with E-state index in [1.807, 2.05) is 0 Å². The zero-order valence-corrected chi connectivity index (χ0v) is 8.30. The summed E-state index contributed by atoms with van der Waals surface area (Å²) >= 11 is 0. The molecule has 1 heterocycles. The van der Waals surface area contributed by atoms with Crippen LogP contribution in [0, 0.1) is 11.6 Å². The Morgan fingerprint density at radius 3 is 3.00 bits per heavy atom. The third kappa shape index (κ3) is 2.73. The molecular weight excluding hydrogens is 200 g/mol. The van der Waals surface area contributed by atoms with Gasteiger partial charge in [0.25, 0.3) is 0 Å². The van der Waals surface area contributed by atoms with Crippen molar-refractivity contribution in [1.82, 2.24) is 5.32 Å². The Morgan fingerprint density at radius 2 is 2.27 bits per heavy atom. The fraction of sp³-hybridized carbons (Fsp3) is 0.455. The van der Waals surface area contributed by atoms with Crippen molar-refractivity contribution in [1.29, 1.82) is 0 Å². The molecule has 0 aliphatic carbocycles. The first-order valence-electron chi connectivity index (χ1n) is 5.02. The van der Waals surface area contributed by atoms with Crippen LogP contribution in [0.4, 0.5) is 8.78 Å². The Hall–Kier alpha value is -1.00. The molecule has 1 aliphatic rings. The summed E-state index contributed by atoms with van der Waals surface area (Å²) in [6, 6.07) is 3.41. The average Bonchev–Trinajstić information content (AvgIpc) is 2.72. The van der Waals surface area contributed by atoms with Gasteiger partial charge in [0.15, 0.2) is 0 Å². The molecule has 1 atom stereocenters. The largest absolute Gasteiger partial charge is 0.372 e. The van der Waals surface area contributed by atoms with Crippen molar-refractivity contribution in [2.24, 2.45) is 0 Å². The maximum Gasteiger partial charge on any atom is 0.128 e. The summed E-state index contributed by atoms with van der Waals surface area (Å²) in [5.41, 5.74) is 0.280. The molecule has 1 N–H and O–H groups in total. The minimum atomic E-state index is -0.431. The first-order valence-corrected chi connectivity index (χ1v) is 5.02. The van der Waals surface area contributed by atoms with E-state index in [9.17, 15) is 8.78 Å². The number of rotatable bonds is 3. The molecule has 0 saturated carbocycles. The highest BCUT2D eigenvalue weighted by Crippen LogP contribution is 2.13. The zero-order valence-electron chi connectivity index (χ0n) is 8.30. The van der Waals surface area contributed by atoms with Crippen molar-refractivity contribution in [3.05, 3.63) is 35.4 Å². The molecule has 2 nitrogen and oxygen atoms in total. The second kappa shape index (κ2) is 4.68. The molecule has 0 aromatic heterocycles. The maximum atomic E-state index is 13.2. The van der Waals surface area contributed by atoms with Gasteiger partial charge in [0.1, 0.15) is 11.6 Å². The summed E-state index contributed by atoms with van der Waals surface area (Å²) in [5.74, 6) is -0.845. The number of ether oxygens (including phenoxy) is 1. The lowest BCUT2D eigenvalue weighted by molar-refractivity contribution is 0.0524. The van der Waals surface area contributed by atoms with Crippen molar-refractivity contribution >= 4 is 0 Å². The quantitative estimate of drug-likeness (QED) is 0.827.